The SMILES string of the molecule is N#CC(c1ccnc(OCCCc2ccccn2)n1)c1nc2ccccc2s1.N#CC(c1ccnc(OCc2ccccn2)n1)c1nc2ccccc2s1. The fraction of sp³-hybridized carbons (Fsp3) is 0.150. The van der Waals surface area contributed by atoms with Crippen LogP contribution in [0.15, 0.2) is 122 Å². The number of rotatable bonds is 12. The largest absolute Gasteiger partial charge is 0.463 e. The molecule has 264 valence electrons. The Bertz CT molecular complexity index is 2470. The van der Waals surface area contributed by atoms with Gasteiger partial charge in [0.15, 0.2) is 0 Å². The number of hydrogen-bond acceptors (Lipinski definition) is 14. The first-order chi connectivity index (χ1) is 26.7. The van der Waals surface area contributed by atoms with E-state index in [0.717, 1.165) is 49.7 Å². The third-order valence-corrected chi connectivity index (χ3v) is 10.1. The molecule has 0 saturated heterocycles. The van der Waals surface area contributed by atoms with Crippen LogP contribution in [0.5, 0.6) is 12.0 Å². The van der Waals surface area contributed by atoms with Crippen molar-refractivity contribution in [1.29, 1.82) is 10.5 Å². The van der Waals surface area contributed by atoms with Gasteiger partial charge in [0, 0.05) is 30.5 Å². The minimum absolute atomic E-state index is 0.217. The van der Waals surface area contributed by atoms with Crippen LogP contribution in [0.1, 0.15) is 51.0 Å². The van der Waals surface area contributed by atoms with E-state index in [1.807, 2.05) is 84.9 Å². The minimum Gasteiger partial charge on any atom is -0.463 e. The maximum atomic E-state index is 9.70. The molecule has 2 aromatic carbocycles. The van der Waals surface area contributed by atoms with Gasteiger partial charge in [-0.3, -0.25) is 9.97 Å². The average molecular weight is 747 g/mol. The Morgan fingerprint density at radius 3 is 1.57 bits per heavy atom. The summed E-state index contributed by atoms with van der Waals surface area (Å²) in [5, 5.41) is 20.8. The molecule has 2 unspecified atom stereocenters. The second-order valence-electron chi connectivity index (χ2n) is 11.6. The molecular weight excluding hydrogens is 717 g/mol. The first-order valence-electron chi connectivity index (χ1n) is 16.9. The number of aromatic nitrogens is 8. The molecule has 0 amide bonds. The van der Waals surface area contributed by atoms with E-state index in [-0.39, 0.29) is 18.6 Å². The van der Waals surface area contributed by atoms with E-state index >= 15 is 0 Å². The number of ether oxygens (including phenoxy) is 2. The Labute approximate surface area is 318 Å². The Kier molecular flexibility index (Phi) is 11.7. The second kappa shape index (κ2) is 17.7. The van der Waals surface area contributed by atoms with Crippen LogP contribution in [0.4, 0.5) is 0 Å². The van der Waals surface area contributed by atoms with E-state index in [9.17, 15) is 10.5 Å². The van der Waals surface area contributed by atoms with Gasteiger partial charge in [-0.25, -0.2) is 19.9 Å². The molecule has 6 aromatic heterocycles. The van der Waals surface area contributed by atoms with E-state index in [1.54, 1.807) is 36.9 Å². The van der Waals surface area contributed by atoms with Crippen molar-refractivity contribution in [2.75, 3.05) is 6.61 Å². The zero-order valence-corrected chi connectivity index (χ0v) is 30.3. The van der Waals surface area contributed by atoms with Gasteiger partial charge in [0.2, 0.25) is 0 Å². The van der Waals surface area contributed by atoms with Crippen LogP contribution in [0.25, 0.3) is 20.4 Å². The lowest BCUT2D eigenvalue weighted by Crippen LogP contribution is -2.06. The molecule has 14 heteroatoms. The van der Waals surface area contributed by atoms with Crippen LogP contribution >= 0.6 is 22.7 Å². The maximum absolute atomic E-state index is 9.70. The molecule has 0 bridgehead atoms. The predicted octanol–water partition coefficient (Wildman–Crippen LogP) is 7.86. The molecule has 0 spiro atoms. The molecule has 0 fully saturated rings. The molecule has 6 heterocycles. The molecule has 12 nitrogen and oxygen atoms in total. The molecule has 2 atom stereocenters. The number of benzene rings is 2. The Morgan fingerprint density at radius 2 is 1.06 bits per heavy atom. The smallest absolute Gasteiger partial charge is 0.316 e. The van der Waals surface area contributed by atoms with E-state index in [1.165, 1.54) is 22.7 Å². The third kappa shape index (κ3) is 9.00. The summed E-state index contributed by atoms with van der Waals surface area (Å²) in [6.45, 7) is 0.751. The van der Waals surface area contributed by atoms with E-state index < -0.39 is 11.8 Å². The van der Waals surface area contributed by atoms with E-state index in [2.05, 4.69) is 52.0 Å². The number of nitrogens with zero attached hydrogens (tertiary/aromatic N) is 10. The third-order valence-electron chi connectivity index (χ3n) is 7.88. The van der Waals surface area contributed by atoms with Crippen molar-refractivity contribution in [1.82, 2.24) is 39.9 Å². The topological polar surface area (TPSA) is 169 Å². The van der Waals surface area contributed by atoms with Gasteiger partial charge in [-0.2, -0.15) is 20.5 Å². The number of pyridine rings is 2. The predicted molar refractivity (Wildman–Crippen MR) is 205 cm³/mol. The van der Waals surface area contributed by atoms with Crippen LogP contribution in [-0.2, 0) is 13.0 Å². The Morgan fingerprint density at radius 1 is 0.537 bits per heavy atom. The van der Waals surface area contributed by atoms with Crippen LogP contribution in [-0.4, -0.2) is 46.5 Å². The van der Waals surface area contributed by atoms with Crippen LogP contribution < -0.4 is 9.47 Å². The Balaban J connectivity index is 0.000000167. The zero-order chi connectivity index (χ0) is 37.0. The fourth-order valence-electron chi connectivity index (χ4n) is 5.28. The lowest BCUT2D eigenvalue weighted by molar-refractivity contribution is 0.275. The number of hydrogen-bond donors (Lipinski definition) is 0. The highest BCUT2D eigenvalue weighted by Crippen LogP contribution is 2.32. The van der Waals surface area contributed by atoms with E-state index in [4.69, 9.17) is 9.47 Å². The molecule has 0 aliphatic rings. The molecule has 0 aliphatic heterocycles. The summed E-state index contributed by atoms with van der Waals surface area (Å²) in [4.78, 5) is 34.7. The van der Waals surface area contributed by atoms with Crippen LogP contribution in [0, 0.1) is 22.7 Å². The highest BCUT2D eigenvalue weighted by Gasteiger charge is 2.22. The summed E-state index contributed by atoms with van der Waals surface area (Å²) in [7, 11) is 0. The number of aryl methyl sites for hydroxylation is 1. The van der Waals surface area contributed by atoms with Crippen LogP contribution in [0.2, 0.25) is 0 Å². The van der Waals surface area contributed by atoms with Gasteiger partial charge in [-0.15, -0.1) is 22.7 Å². The van der Waals surface area contributed by atoms with Gasteiger partial charge in [0.25, 0.3) is 0 Å². The fourth-order valence-corrected chi connectivity index (χ4v) is 7.33. The monoisotopic (exact) mass is 746 g/mol. The number of nitriles is 2. The van der Waals surface area contributed by atoms with Crippen molar-refractivity contribution in [3.63, 3.8) is 0 Å². The first-order valence-corrected chi connectivity index (χ1v) is 18.5. The Hall–Kier alpha value is -6.74. The van der Waals surface area contributed by atoms with Gasteiger partial charge in [-0.05, 0) is 73.5 Å². The van der Waals surface area contributed by atoms with Crippen molar-refractivity contribution >= 4 is 43.1 Å². The summed E-state index contributed by atoms with van der Waals surface area (Å²) in [6.07, 6.45) is 8.33. The van der Waals surface area contributed by atoms with Gasteiger partial charge in [0.1, 0.15) is 28.5 Å². The molecule has 8 rings (SSSR count). The second-order valence-corrected chi connectivity index (χ2v) is 13.7. The summed E-state index contributed by atoms with van der Waals surface area (Å²) < 4.78 is 13.4. The van der Waals surface area contributed by atoms with E-state index in [0.29, 0.717) is 23.0 Å². The molecule has 8 aromatic rings. The van der Waals surface area contributed by atoms with Crippen molar-refractivity contribution in [2.24, 2.45) is 0 Å². The lowest BCUT2D eigenvalue weighted by Gasteiger charge is -2.08. The molecule has 0 aliphatic carbocycles. The summed E-state index contributed by atoms with van der Waals surface area (Å²) in [5.74, 6) is -1.11. The van der Waals surface area contributed by atoms with Gasteiger partial charge >= 0.3 is 12.0 Å². The molecule has 0 N–H and O–H groups in total. The molecule has 54 heavy (non-hydrogen) atoms. The van der Waals surface area contributed by atoms with Gasteiger partial charge < -0.3 is 9.47 Å². The van der Waals surface area contributed by atoms with Crippen molar-refractivity contribution in [3.05, 3.63) is 155 Å². The zero-order valence-electron chi connectivity index (χ0n) is 28.6. The quantitative estimate of drug-likeness (QED) is 0.111. The minimum atomic E-state index is -0.562. The summed E-state index contributed by atoms with van der Waals surface area (Å²) in [5.41, 5.74) is 4.75. The maximum Gasteiger partial charge on any atom is 0.316 e. The van der Waals surface area contributed by atoms with Crippen molar-refractivity contribution < 1.29 is 9.47 Å². The number of para-hydroxylation sites is 2. The molecule has 0 radical (unpaired) electrons. The lowest BCUT2D eigenvalue weighted by atomic mass is 10.1. The van der Waals surface area contributed by atoms with Crippen molar-refractivity contribution in [2.45, 2.75) is 31.3 Å². The standard InChI is InChI=1S/C21H17N5OS.C19H13N5OS/c22-14-16(20-25-18-8-1-2-9-19(18)28-20)17-10-12-24-21(26-17)27-13-5-7-15-6-3-4-11-23-15;20-11-14(18-23-16-6-1-2-7-17(16)26-18)15-8-10-22-19(24-15)25-12-13-5-3-4-9-21-13/h1-4,6,8-12,16H,5,7,13H2;1-10,14H,12H2. The molecule has 0 saturated carbocycles. The highest BCUT2D eigenvalue weighted by molar-refractivity contribution is 7.19. The summed E-state index contributed by atoms with van der Waals surface area (Å²) >= 11 is 3.00. The highest BCUT2D eigenvalue weighted by atomic mass is 32.1. The number of thiazole rings is 2. The van der Waals surface area contributed by atoms with Crippen molar-refractivity contribution in [3.8, 4) is 24.2 Å². The van der Waals surface area contributed by atoms with Crippen LogP contribution in [0.3, 0.4) is 0 Å². The first kappa shape index (κ1) is 35.7. The average Bonchev–Trinajstić information content (AvgIpc) is 3.85. The number of fused-ring (bicyclic) bond motifs is 2. The summed E-state index contributed by atoms with van der Waals surface area (Å²) in [6, 6.07) is 35.7. The van der Waals surface area contributed by atoms with Gasteiger partial charge in [-0.1, -0.05) is 36.4 Å². The normalized spacial score (nSPS) is 11.8. The molecular formula is C40H30N10O2S2. The van der Waals surface area contributed by atoms with Gasteiger partial charge in [0.05, 0.1) is 56.3 Å².